The first kappa shape index (κ1) is 11.4. The van der Waals surface area contributed by atoms with Crippen LogP contribution < -0.4 is 4.90 Å². The highest BCUT2D eigenvalue weighted by Crippen LogP contribution is 2.22. The molecule has 16 heavy (non-hydrogen) atoms. The van der Waals surface area contributed by atoms with Crippen molar-refractivity contribution < 1.29 is 0 Å². The minimum atomic E-state index is 0.472. The summed E-state index contributed by atoms with van der Waals surface area (Å²) < 4.78 is 8.10. The average Bonchev–Trinajstić information content (AvgIpc) is 2.68. The summed E-state index contributed by atoms with van der Waals surface area (Å²) >= 11 is 7.06. The van der Waals surface area contributed by atoms with Gasteiger partial charge in [0.15, 0.2) is 11.0 Å². The van der Waals surface area contributed by atoms with E-state index in [0.29, 0.717) is 5.15 Å². The SMILES string of the molecule is Cc1ccc(CN(C)c2nsnc2Cl)cc1. The van der Waals surface area contributed by atoms with E-state index in [9.17, 15) is 0 Å². The Balaban J connectivity index is 2.10. The van der Waals surface area contributed by atoms with E-state index >= 15 is 0 Å². The number of halogens is 1. The number of benzene rings is 1. The first-order valence-electron chi connectivity index (χ1n) is 4.91. The maximum absolute atomic E-state index is 5.92. The van der Waals surface area contributed by atoms with E-state index in [2.05, 4.69) is 39.9 Å². The van der Waals surface area contributed by atoms with Crippen LogP contribution in [-0.2, 0) is 6.54 Å². The van der Waals surface area contributed by atoms with Crippen molar-refractivity contribution in [3.63, 3.8) is 0 Å². The molecule has 1 aromatic carbocycles. The van der Waals surface area contributed by atoms with Crippen LogP contribution in [0.15, 0.2) is 24.3 Å². The smallest absolute Gasteiger partial charge is 0.187 e. The second-order valence-corrected chi connectivity index (χ2v) is 4.61. The maximum atomic E-state index is 5.92. The van der Waals surface area contributed by atoms with Gasteiger partial charge in [-0.05, 0) is 12.5 Å². The van der Waals surface area contributed by atoms with E-state index in [1.165, 1.54) is 11.1 Å². The number of aryl methyl sites for hydroxylation is 1. The summed E-state index contributed by atoms with van der Waals surface area (Å²) in [5.41, 5.74) is 2.50. The molecule has 84 valence electrons. The third-order valence-corrected chi connectivity index (χ3v) is 3.21. The van der Waals surface area contributed by atoms with Crippen molar-refractivity contribution in [1.29, 1.82) is 0 Å². The van der Waals surface area contributed by atoms with Gasteiger partial charge in [-0.1, -0.05) is 41.4 Å². The molecule has 0 atom stereocenters. The lowest BCUT2D eigenvalue weighted by molar-refractivity contribution is 0.907. The second-order valence-electron chi connectivity index (χ2n) is 3.72. The molecule has 0 spiro atoms. The maximum Gasteiger partial charge on any atom is 0.187 e. The number of rotatable bonds is 3. The molecule has 0 bridgehead atoms. The Bertz CT molecular complexity index is 466. The Labute approximate surface area is 104 Å². The molecular weight excluding hydrogens is 242 g/mol. The van der Waals surface area contributed by atoms with E-state index in [4.69, 9.17) is 11.6 Å². The molecule has 1 aromatic heterocycles. The topological polar surface area (TPSA) is 29.0 Å². The fraction of sp³-hybridized carbons (Fsp3) is 0.273. The molecule has 0 aliphatic carbocycles. The van der Waals surface area contributed by atoms with Crippen molar-refractivity contribution in [3.05, 3.63) is 40.5 Å². The average molecular weight is 254 g/mol. The number of nitrogens with zero attached hydrogens (tertiary/aromatic N) is 3. The summed E-state index contributed by atoms with van der Waals surface area (Å²) in [6.07, 6.45) is 0. The van der Waals surface area contributed by atoms with Gasteiger partial charge in [0.25, 0.3) is 0 Å². The van der Waals surface area contributed by atoms with Crippen LogP contribution in [0.5, 0.6) is 0 Å². The first-order chi connectivity index (χ1) is 7.66. The normalized spacial score (nSPS) is 10.4. The van der Waals surface area contributed by atoms with Crippen LogP contribution in [0.4, 0.5) is 5.82 Å². The zero-order chi connectivity index (χ0) is 11.5. The van der Waals surface area contributed by atoms with Gasteiger partial charge in [-0.15, -0.1) is 0 Å². The van der Waals surface area contributed by atoms with Gasteiger partial charge in [0, 0.05) is 13.6 Å². The van der Waals surface area contributed by atoms with Gasteiger partial charge in [-0.3, -0.25) is 0 Å². The second kappa shape index (κ2) is 4.80. The van der Waals surface area contributed by atoms with Gasteiger partial charge in [0.1, 0.15) is 0 Å². The summed E-state index contributed by atoms with van der Waals surface area (Å²) in [6, 6.07) is 8.42. The van der Waals surface area contributed by atoms with Crippen LogP contribution in [0.25, 0.3) is 0 Å². The lowest BCUT2D eigenvalue weighted by Gasteiger charge is -2.16. The molecule has 3 nitrogen and oxygen atoms in total. The molecule has 2 aromatic rings. The number of aromatic nitrogens is 2. The van der Waals surface area contributed by atoms with Gasteiger partial charge in [0.05, 0.1) is 11.7 Å². The summed E-state index contributed by atoms with van der Waals surface area (Å²) in [7, 11) is 1.96. The summed E-state index contributed by atoms with van der Waals surface area (Å²) in [5.74, 6) is 0.743. The Kier molecular flexibility index (Phi) is 3.41. The summed E-state index contributed by atoms with van der Waals surface area (Å²) in [5, 5.41) is 0.472. The predicted octanol–water partition coefficient (Wildman–Crippen LogP) is 3.14. The van der Waals surface area contributed by atoms with E-state index in [1.54, 1.807) is 0 Å². The number of anilines is 1. The van der Waals surface area contributed by atoms with Crippen molar-refractivity contribution in [1.82, 2.24) is 8.75 Å². The largest absolute Gasteiger partial charge is 0.352 e. The van der Waals surface area contributed by atoms with E-state index in [0.717, 1.165) is 24.1 Å². The monoisotopic (exact) mass is 253 g/mol. The zero-order valence-corrected chi connectivity index (χ0v) is 10.7. The molecule has 0 fully saturated rings. The fourth-order valence-corrected chi connectivity index (χ4v) is 2.27. The quantitative estimate of drug-likeness (QED) is 0.842. The van der Waals surface area contributed by atoms with Crippen molar-refractivity contribution in [2.24, 2.45) is 0 Å². The van der Waals surface area contributed by atoms with Crippen LogP contribution in [0, 0.1) is 6.92 Å². The highest BCUT2D eigenvalue weighted by Gasteiger charge is 2.10. The molecule has 0 radical (unpaired) electrons. The lowest BCUT2D eigenvalue weighted by atomic mass is 10.1. The molecule has 0 aliphatic heterocycles. The van der Waals surface area contributed by atoms with Crippen molar-refractivity contribution in [3.8, 4) is 0 Å². The highest BCUT2D eigenvalue weighted by atomic mass is 35.5. The Morgan fingerprint density at radius 3 is 2.50 bits per heavy atom. The zero-order valence-electron chi connectivity index (χ0n) is 9.14. The minimum absolute atomic E-state index is 0.472. The molecule has 0 amide bonds. The van der Waals surface area contributed by atoms with E-state index in [1.807, 2.05) is 11.9 Å². The highest BCUT2D eigenvalue weighted by molar-refractivity contribution is 6.99. The molecule has 0 saturated carbocycles. The van der Waals surface area contributed by atoms with Crippen molar-refractivity contribution in [2.45, 2.75) is 13.5 Å². The molecule has 1 heterocycles. The third-order valence-electron chi connectivity index (χ3n) is 2.33. The first-order valence-corrected chi connectivity index (χ1v) is 6.02. The minimum Gasteiger partial charge on any atom is -0.352 e. The van der Waals surface area contributed by atoms with E-state index < -0.39 is 0 Å². The van der Waals surface area contributed by atoms with Gasteiger partial charge in [-0.25, -0.2) is 0 Å². The Hall–Kier alpha value is -1.13. The van der Waals surface area contributed by atoms with Crippen LogP contribution in [-0.4, -0.2) is 15.8 Å². The Morgan fingerprint density at radius 1 is 1.25 bits per heavy atom. The van der Waals surface area contributed by atoms with Crippen LogP contribution in [0.3, 0.4) is 0 Å². The fourth-order valence-electron chi connectivity index (χ4n) is 1.44. The van der Waals surface area contributed by atoms with E-state index in [-0.39, 0.29) is 0 Å². The molecule has 0 aliphatic rings. The number of hydrogen-bond donors (Lipinski definition) is 0. The van der Waals surface area contributed by atoms with Gasteiger partial charge in [-0.2, -0.15) is 8.75 Å². The number of hydrogen-bond acceptors (Lipinski definition) is 4. The van der Waals surface area contributed by atoms with Gasteiger partial charge >= 0.3 is 0 Å². The molecule has 5 heteroatoms. The molecular formula is C11H12ClN3S. The lowest BCUT2D eigenvalue weighted by Crippen LogP contribution is -2.16. The van der Waals surface area contributed by atoms with Gasteiger partial charge < -0.3 is 4.90 Å². The molecule has 0 N–H and O–H groups in total. The Morgan fingerprint density at radius 2 is 1.94 bits per heavy atom. The van der Waals surface area contributed by atoms with Gasteiger partial charge in [0.2, 0.25) is 0 Å². The molecule has 0 unspecified atom stereocenters. The summed E-state index contributed by atoms with van der Waals surface area (Å²) in [4.78, 5) is 2.00. The van der Waals surface area contributed by atoms with Crippen LogP contribution in [0.1, 0.15) is 11.1 Å². The summed E-state index contributed by atoms with van der Waals surface area (Å²) in [6.45, 7) is 2.86. The standard InChI is InChI=1S/C11H12ClN3S/c1-8-3-5-9(6-4-8)7-15(2)11-10(12)13-16-14-11/h3-6H,7H2,1-2H3. The third kappa shape index (κ3) is 2.51. The van der Waals surface area contributed by atoms with Crippen LogP contribution in [0.2, 0.25) is 5.15 Å². The molecule has 2 rings (SSSR count). The van der Waals surface area contributed by atoms with Crippen LogP contribution >= 0.6 is 23.3 Å². The predicted molar refractivity (Wildman–Crippen MR) is 68.2 cm³/mol. The van der Waals surface area contributed by atoms with Crippen molar-refractivity contribution >= 4 is 29.1 Å². The molecule has 0 saturated heterocycles. The van der Waals surface area contributed by atoms with Crippen molar-refractivity contribution in [2.75, 3.05) is 11.9 Å².